The van der Waals surface area contributed by atoms with E-state index in [1.165, 1.54) is 59.7 Å². The lowest BCUT2D eigenvalue weighted by Gasteiger charge is -2.31. The van der Waals surface area contributed by atoms with Crippen molar-refractivity contribution in [3.63, 3.8) is 0 Å². The van der Waals surface area contributed by atoms with E-state index in [1.54, 1.807) is 36.9 Å². The number of carbonyl (C=O) groups is 1. The van der Waals surface area contributed by atoms with E-state index in [1.807, 2.05) is 0 Å². The Morgan fingerprint density at radius 3 is 2.21 bits per heavy atom. The number of hydrogen-bond donors (Lipinski definition) is 0. The number of ketones is 1. The fourth-order valence-corrected chi connectivity index (χ4v) is 7.72. The molecule has 4 aromatic carbocycles. The first-order valence-corrected chi connectivity index (χ1v) is 18.7. The molecule has 8 heteroatoms. The zero-order valence-electron chi connectivity index (χ0n) is 30.9. The molecule has 7 nitrogen and oxygen atoms in total. The zero-order valence-corrected chi connectivity index (χ0v) is 30.9. The van der Waals surface area contributed by atoms with Crippen LogP contribution in [0, 0.1) is 5.82 Å². The van der Waals surface area contributed by atoms with Gasteiger partial charge in [0.25, 0.3) is 0 Å². The summed E-state index contributed by atoms with van der Waals surface area (Å²) in [7, 11) is 3.79. The van der Waals surface area contributed by atoms with Crippen molar-refractivity contribution in [2.24, 2.45) is 0 Å². The molecule has 0 N–H and O–H groups in total. The average molecular weight is 714 g/mol. The summed E-state index contributed by atoms with van der Waals surface area (Å²) in [5.41, 5.74) is 10.6. The van der Waals surface area contributed by atoms with Gasteiger partial charge in [-0.3, -0.25) is 4.79 Å². The van der Waals surface area contributed by atoms with Gasteiger partial charge in [0.15, 0.2) is 22.9 Å². The number of halogens is 1. The number of aromatic nitrogens is 1. The second-order valence-corrected chi connectivity index (χ2v) is 14.2. The largest absolute Gasteiger partial charge is 0.493 e. The van der Waals surface area contributed by atoms with Crippen LogP contribution in [0.3, 0.4) is 0 Å². The van der Waals surface area contributed by atoms with Crippen LogP contribution in [0.2, 0.25) is 0 Å². The minimum Gasteiger partial charge on any atom is -0.493 e. The Bertz CT molecular complexity index is 2070. The van der Waals surface area contributed by atoms with Crippen LogP contribution >= 0.6 is 0 Å². The van der Waals surface area contributed by atoms with Crippen molar-refractivity contribution in [2.75, 3.05) is 53.5 Å². The summed E-state index contributed by atoms with van der Waals surface area (Å²) in [4.78, 5) is 16.4. The minimum absolute atomic E-state index is 0.000894. The van der Waals surface area contributed by atoms with E-state index in [0.29, 0.717) is 35.2 Å². The number of carbonyl (C=O) groups excluding carboxylic acids is 1. The summed E-state index contributed by atoms with van der Waals surface area (Å²) < 4.78 is 29.9. The molecule has 2 aliphatic heterocycles. The van der Waals surface area contributed by atoms with Gasteiger partial charge < -0.3 is 23.8 Å². The maximum absolute atomic E-state index is 13.4. The molecule has 1 aliphatic carbocycles. The third-order valence-corrected chi connectivity index (χ3v) is 10.7. The quantitative estimate of drug-likeness (QED) is 0.115. The molecule has 3 heterocycles. The van der Waals surface area contributed by atoms with Gasteiger partial charge in [-0.1, -0.05) is 71.4 Å². The van der Waals surface area contributed by atoms with E-state index in [0.717, 1.165) is 63.1 Å². The van der Waals surface area contributed by atoms with Crippen LogP contribution in [0.25, 0.3) is 28.7 Å². The summed E-state index contributed by atoms with van der Waals surface area (Å²) in [5, 5.41) is 5.13. The van der Waals surface area contributed by atoms with Crippen LogP contribution < -0.4 is 9.47 Å². The number of nitrogens with zero attached hydrogens (tertiary/aromatic N) is 3. The second-order valence-electron chi connectivity index (χ2n) is 14.2. The topological polar surface area (TPSA) is 68.0 Å². The standard InChI is InChI=1S/C24H27FN2O4.C21H21N/c1-16(28)18-4-7-21(23(14-18)29-2)30-13-3-10-27-11-8-17(9-12-27)24-20-6-5-19(25)15-22(20)31-26-24;1-22-14-12-18(13-15-22)21-19-8-4-2-6-16(19)10-11-17-7-3-5-9-20(17)21/h4-7,14-15,17H,3,8-13H2,1-2H3;2-11H,12-15H2,1H3. The van der Waals surface area contributed by atoms with Crippen molar-refractivity contribution >= 4 is 34.5 Å². The molecule has 0 spiro atoms. The number of hydrogen-bond acceptors (Lipinski definition) is 7. The maximum Gasteiger partial charge on any atom is 0.170 e. The molecule has 5 aromatic rings. The molecule has 1 aromatic heterocycles. The monoisotopic (exact) mass is 713 g/mol. The van der Waals surface area contributed by atoms with Gasteiger partial charge in [0.1, 0.15) is 5.82 Å². The Hall–Kier alpha value is -5.05. The summed E-state index contributed by atoms with van der Waals surface area (Å²) in [5.74, 6) is 1.26. The zero-order chi connectivity index (χ0) is 36.7. The van der Waals surface area contributed by atoms with E-state index >= 15 is 0 Å². The molecular weight excluding hydrogens is 666 g/mol. The number of methoxy groups -OCH3 is 1. The van der Waals surface area contributed by atoms with Crippen LogP contribution in [0.4, 0.5) is 4.39 Å². The van der Waals surface area contributed by atoms with Crippen molar-refractivity contribution in [1.82, 2.24) is 15.0 Å². The highest BCUT2D eigenvalue weighted by Gasteiger charge is 2.25. The second kappa shape index (κ2) is 16.7. The SMILES string of the molecule is CN1CCC(=C2c3ccccc3C=Cc3ccccc32)CC1.COc1cc(C(C)=O)ccc1OCCCN1CCC(c2noc3cc(F)ccc23)CC1. The van der Waals surface area contributed by atoms with Crippen LogP contribution in [0.1, 0.15) is 83.3 Å². The lowest BCUT2D eigenvalue weighted by Crippen LogP contribution is -2.34. The van der Waals surface area contributed by atoms with E-state index in [9.17, 15) is 9.18 Å². The summed E-state index contributed by atoms with van der Waals surface area (Å²) in [6, 6.07) is 27.5. The molecule has 0 atom stereocenters. The number of piperidine rings is 2. The number of fused-ring (bicyclic) bond motifs is 3. The van der Waals surface area contributed by atoms with Gasteiger partial charge in [-0.05, 0) is 117 Å². The maximum atomic E-state index is 13.4. The first kappa shape index (κ1) is 36.3. The number of ether oxygens (including phenoxy) is 2. The highest BCUT2D eigenvalue weighted by atomic mass is 19.1. The molecule has 2 fully saturated rings. The summed E-state index contributed by atoms with van der Waals surface area (Å²) >= 11 is 0. The van der Waals surface area contributed by atoms with Crippen molar-refractivity contribution in [3.05, 3.63) is 130 Å². The Labute approximate surface area is 311 Å². The van der Waals surface area contributed by atoms with E-state index in [2.05, 4.69) is 82.7 Å². The molecule has 0 radical (unpaired) electrons. The molecule has 2 saturated heterocycles. The Kier molecular flexibility index (Phi) is 11.5. The fourth-order valence-electron chi connectivity index (χ4n) is 7.72. The van der Waals surface area contributed by atoms with Gasteiger partial charge in [-0.15, -0.1) is 0 Å². The predicted octanol–water partition coefficient (Wildman–Crippen LogP) is 9.52. The molecule has 0 saturated carbocycles. The van der Waals surface area contributed by atoms with Gasteiger partial charge in [0.05, 0.1) is 19.4 Å². The van der Waals surface area contributed by atoms with Gasteiger partial charge in [-0.25, -0.2) is 4.39 Å². The first-order valence-electron chi connectivity index (χ1n) is 18.7. The van der Waals surface area contributed by atoms with E-state index in [4.69, 9.17) is 14.0 Å². The van der Waals surface area contributed by atoms with Crippen molar-refractivity contribution in [1.29, 1.82) is 0 Å². The number of Topliss-reactive ketones (excluding diaryl/α,β-unsaturated/α-hetero) is 1. The van der Waals surface area contributed by atoms with Crippen LogP contribution in [-0.4, -0.2) is 74.2 Å². The third-order valence-electron chi connectivity index (χ3n) is 10.7. The van der Waals surface area contributed by atoms with Gasteiger partial charge in [-0.2, -0.15) is 0 Å². The van der Waals surface area contributed by atoms with Crippen molar-refractivity contribution in [2.45, 2.75) is 44.9 Å². The molecule has 0 unspecified atom stereocenters. The van der Waals surface area contributed by atoms with Crippen molar-refractivity contribution < 1.29 is 23.2 Å². The van der Waals surface area contributed by atoms with E-state index in [-0.39, 0.29) is 11.6 Å². The smallest absolute Gasteiger partial charge is 0.170 e. The molecular formula is C45H48FN3O4. The number of benzene rings is 4. The lowest BCUT2D eigenvalue weighted by molar-refractivity contribution is 0.101. The average Bonchev–Trinajstić information content (AvgIpc) is 3.52. The minimum atomic E-state index is -0.306. The van der Waals surface area contributed by atoms with Gasteiger partial charge in [0, 0.05) is 42.6 Å². The molecule has 274 valence electrons. The van der Waals surface area contributed by atoms with E-state index < -0.39 is 0 Å². The van der Waals surface area contributed by atoms with Crippen molar-refractivity contribution in [3.8, 4) is 11.5 Å². The first-order chi connectivity index (χ1) is 25.9. The molecule has 53 heavy (non-hydrogen) atoms. The summed E-state index contributed by atoms with van der Waals surface area (Å²) in [6.07, 6.45) is 9.77. The lowest BCUT2D eigenvalue weighted by atomic mass is 9.86. The molecule has 0 bridgehead atoms. The van der Waals surface area contributed by atoms with Gasteiger partial charge in [0.2, 0.25) is 0 Å². The Balaban J connectivity index is 0.000000173. The van der Waals surface area contributed by atoms with Crippen LogP contribution in [-0.2, 0) is 0 Å². The highest BCUT2D eigenvalue weighted by Crippen LogP contribution is 2.39. The van der Waals surface area contributed by atoms with Gasteiger partial charge >= 0.3 is 0 Å². The number of likely N-dealkylation sites (tertiary alicyclic amines) is 2. The highest BCUT2D eigenvalue weighted by molar-refractivity contribution is 5.95. The Morgan fingerprint density at radius 2 is 1.55 bits per heavy atom. The molecule has 0 amide bonds. The third kappa shape index (κ3) is 8.45. The fraction of sp³-hybridized carbons (Fsp3) is 0.333. The normalized spacial score (nSPS) is 16.4. The predicted molar refractivity (Wildman–Crippen MR) is 210 cm³/mol. The summed E-state index contributed by atoms with van der Waals surface area (Å²) in [6.45, 7) is 7.35. The molecule has 8 rings (SSSR count). The van der Waals surface area contributed by atoms with Crippen LogP contribution in [0.15, 0.2) is 95.0 Å². The number of rotatable bonds is 8. The molecule has 3 aliphatic rings. The Morgan fingerprint density at radius 1 is 0.868 bits per heavy atom. The van der Waals surface area contributed by atoms with Crippen LogP contribution in [0.5, 0.6) is 11.5 Å².